The Morgan fingerprint density at radius 3 is 2.21 bits per heavy atom. The van der Waals surface area contributed by atoms with Gasteiger partial charge in [-0.2, -0.15) is 0 Å². The van der Waals surface area contributed by atoms with Gasteiger partial charge >= 0.3 is 0 Å². The minimum Gasteiger partial charge on any atom is -0.361 e. The largest absolute Gasteiger partial charge is 0.361 e. The Bertz CT molecular complexity index is 688. The third-order valence-electron chi connectivity index (χ3n) is 4.62. The molecule has 4 rings (SSSR count). The molecule has 0 amide bonds. The van der Waals surface area contributed by atoms with Crippen molar-refractivity contribution in [1.29, 1.82) is 0 Å². The van der Waals surface area contributed by atoms with Crippen LogP contribution in [0, 0.1) is 0 Å². The van der Waals surface area contributed by atoms with Crippen LogP contribution in [0.15, 0.2) is 24.4 Å². The number of hydrogen-bond acceptors (Lipinski definition) is 7. The summed E-state index contributed by atoms with van der Waals surface area (Å²) >= 11 is 0. The van der Waals surface area contributed by atoms with Gasteiger partial charge in [-0.05, 0) is 31.0 Å². The average Bonchev–Trinajstić information content (AvgIpc) is 3.47. The second-order valence-corrected chi connectivity index (χ2v) is 6.67. The minimum absolute atomic E-state index is 0.594. The molecule has 0 unspecified atom stereocenters. The van der Waals surface area contributed by atoms with Crippen molar-refractivity contribution in [3.05, 3.63) is 30.2 Å². The van der Waals surface area contributed by atoms with Gasteiger partial charge < -0.3 is 14.7 Å². The topological polar surface area (TPSA) is 61.3 Å². The fraction of sp³-hybridized carbons (Fsp3) is 0.529. The fourth-order valence-corrected chi connectivity index (χ4v) is 2.97. The lowest BCUT2D eigenvalue weighted by Crippen LogP contribution is -2.47. The van der Waals surface area contributed by atoms with Crippen molar-refractivity contribution in [2.24, 2.45) is 0 Å². The SMILES string of the molecule is CN(C)c1ccc(N2CCN(c3ccnc(C4CC4)n3)CC2)nn1. The molecule has 2 aromatic heterocycles. The van der Waals surface area contributed by atoms with E-state index in [1.807, 2.05) is 43.4 Å². The van der Waals surface area contributed by atoms with Crippen molar-refractivity contribution in [2.45, 2.75) is 18.8 Å². The first kappa shape index (κ1) is 15.1. The first-order chi connectivity index (χ1) is 11.7. The third kappa shape index (κ3) is 3.11. The highest BCUT2D eigenvalue weighted by molar-refractivity contribution is 5.47. The van der Waals surface area contributed by atoms with Gasteiger partial charge in [0, 0.05) is 52.4 Å². The maximum absolute atomic E-state index is 4.75. The molecule has 0 aromatic carbocycles. The van der Waals surface area contributed by atoms with Gasteiger partial charge in [-0.15, -0.1) is 10.2 Å². The molecular weight excluding hydrogens is 302 g/mol. The predicted octanol–water partition coefficient (Wildman–Crippen LogP) is 1.54. The van der Waals surface area contributed by atoms with Crippen LogP contribution in [0.3, 0.4) is 0 Å². The fourth-order valence-electron chi connectivity index (χ4n) is 2.97. The number of piperazine rings is 1. The molecule has 0 spiro atoms. The smallest absolute Gasteiger partial charge is 0.151 e. The second kappa shape index (κ2) is 6.22. The van der Waals surface area contributed by atoms with Gasteiger partial charge in [-0.1, -0.05) is 0 Å². The maximum Gasteiger partial charge on any atom is 0.151 e. The lowest BCUT2D eigenvalue weighted by molar-refractivity contribution is 0.635. The summed E-state index contributed by atoms with van der Waals surface area (Å²) in [6.45, 7) is 3.74. The summed E-state index contributed by atoms with van der Waals surface area (Å²) in [4.78, 5) is 15.7. The normalized spacial score (nSPS) is 17.9. The van der Waals surface area contributed by atoms with Crippen LogP contribution in [0.1, 0.15) is 24.6 Å². The van der Waals surface area contributed by atoms with Gasteiger partial charge in [0.2, 0.25) is 0 Å². The molecule has 3 heterocycles. The zero-order chi connectivity index (χ0) is 16.5. The van der Waals surface area contributed by atoms with E-state index in [4.69, 9.17) is 4.98 Å². The summed E-state index contributed by atoms with van der Waals surface area (Å²) in [5.41, 5.74) is 0. The Hall–Kier alpha value is -2.44. The zero-order valence-corrected chi connectivity index (χ0v) is 14.3. The van der Waals surface area contributed by atoms with E-state index in [0.29, 0.717) is 5.92 Å². The van der Waals surface area contributed by atoms with E-state index in [2.05, 4.69) is 25.0 Å². The molecule has 1 aliphatic heterocycles. The van der Waals surface area contributed by atoms with Crippen molar-refractivity contribution in [2.75, 3.05) is 55.0 Å². The summed E-state index contributed by atoms with van der Waals surface area (Å²) < 4.78 is 0. The summed E-state index contributed by atoms with van der Waals surface area (Å²) in [5, 5.41) is 8.63. The molecule has 0 atom stereocenters. The van der Waals surface area contributed by atoms with Crippen LogP contribution in [0.5, 0.6) is 0 Å². The summed E-state index contributed by atoms with van der Waals surface area (Å²) in [6, 6.07) is 6.09. The first-order valence-corrected chi connectivity index (χ1v) is 8.54. The Balaban J connectivity index is 1.40. The van der Waals surface area contributed by atoms with Crippen LogP contribution >= 0.6 is 0 Å². The van der Waals surface area contributed by atoms with Crippen LogP contribution in [-0.2, 0) is 0 Å². The third-order valence-corrected chi connectivity index (χ3v) is 4.62. The molecule has 1 saturated carbocycles. The van der Waals surface area contributed by atoms with E-state index in [1.54, 1.807) is 0 Å². The molecular formula is C17H23N7. The Labute approximate surface area is 142 Å². The molecule has 0 N–H and O–H groups in total. The number of aromatic nitrogens is 4. The molecule has 0 bridgehead atoms. The van der Waals surface area contributed by atoms with Crippen LogP contribution in [0.25, 0.3) is 0 Å². The predicted molar refractivity (Wildman–Crippen MR) is 94.8 cm³/mol. The number of rotatable bonds is 4. The van der Waals surface area contributed by atoms with Crippen LogP contribution < -0.4 is 14.7 Å². The molecule has 24 heavy (non-hydrogen) atoms. The maximum atomic E-state index is 4.75. The van der Waals surface area contributed by atoms with E-state index in [9.17, 15) is 0 Å². The van der Waals surface area contributed by atoms with E-state index in [-0.39, 0.29) is 0 Å². The Kier molecular flexibility index (Phi) is 3.92. The Morgan fingerprint density at radius 1 is 0.917 bits per heavy atom. The molecule has 1 saturated heterocycles. The summed E-state index contributed by atoms with van der Waals surface area (Å²) in [5.74, 6) is 4.49. The van der Waals surface area contributed by atoms with Crippen LogP contribution in [0.2, 0.25) is 0 Å². The molecule has 126 valence electrons. The Morgan fingerprint density at radius 2 is 1.62 bits per heavy atom. The number of anilines is 3. The molecule has 1 aliphatic carbocycles. The first-order valence-electron chi connectivity index (χ1n) is 8.54. The highest BCUT2D eigenvalue weighted by atomic mass is 15.3. The highest BCUT2D eigenvalue weighted by Gasteiger charge is 2.27. The zero-order valence-electron chi connectivity index (χ0n) is 14.3. The van der Waals surface area contributed by atoms with Crippen molar-refractivity contribution in [3.63, 3.8) is 0 Å². The van der Waals surface area contributed by atoms with Crippen molar-refractivity contribution in [3.8, 4) is 0 Å². The quantitative estimate of drug-likeness (QED) is 0.845. The number of hydrogen-bond donors (Lipinski definition) is 0. The van der Waals surface area contributed by atoms with Gasteiger partial charge in [0.1, 0.15) is 11.6 Å². The van der Waals surface area contributed by atoms with Crippen LogP contribution in [-0.4, -0.2) is 60.4 Å². The summed E-state index contributed by atoms with van der Waals surface area (Å²) in [7, 11) is 3.94. The van der Waals surface area contributed by atoms with Crippen molar-refractivity contribution < 1.29 is 0 Å². The summed E-state index contributed by atoms with van der Waals surface area (Å²) in [6.07, 6.45) is 4.37. The minimum atomic E-state index is 0.594. The lowest BCUT2D eigenvalue weighted by atomic mass is 10.3. The standard InChI is InChI=1S/C17H23N7/c1-22(2)15-5-6-16(21-20-15)24-11-9-23(10-12-24)14-7-8-18-17(19-14)13-3-4-13/h5-8,13H,3-4,9-12H2,1-2H3. The van der Waals surface area contributed by atoms with Crippen LogP contribution in [0.4, 0.5) is 17.5 Å². The average molecular weight is 325 g/mol. The van der Waals surface area contributed by atoms with Gasteiger partial charge in [-0.3, -0.25) is 0 Å². The van der Waals surface area contributed by atoms with Gasteiger partial charge in [0.25, 0.3) is 0 Å². The molecule has 2 aromatic rings. The molecule has 2 aliphatic rings. The van der Waals surface area contributed by atoms with Crippen molar-refractivity contribution in [1.82, 2.24) is 20.2 Å². The van der Waals surface area contributed by atoms with Crippen molar-refractivity contribution >= 4 is 17.5 Å². The van der Waals surface area contributed by atoms with E-state index < -0.39 is 0 Å². The van der Waals surface area contributed by atoms with E-state index >= 15 is 0 Å². The van der Waals surface area contributed by atoms with E-state index in [0.717, 1.165) is 49.5 Å². The highest BCUT2D eigenvalue weighted by Crippen LogP contribution is 2.38. The van der Waals surface area contributed by atoms with Gasteiger partial charge in [0.05, 0.1) is 0 Å². The van der Waals surface area contributed by atoms with Gasteiger partial charge in [0.15, 0.2) is 11.6 Å². The molecule has 7 heteroatoms. The lowest BCUT2D eigenvalue weighted by Gasteiger charge is -2.35. The van der Waals surface area contributed by atoms with E-state index in [1.165, 1.54) is 12.8 Å². The molecule has 2 fully saturated rings. The monoisotopic (exact) mass is 325 g/mol. The molecule has 0 radical (unpaired) electrons. The second-order valence-electron chi connectivity index (χ2n) is 6.67. The van der Waals surface area contributed by atoms with Gasteiger partial charge in [-0.25, -0.2) is 9.97 Å². The molecule has 7 nitrogen and oxygen atoms in total. The number of nitrogens with zero attached hydrogens (tertiary/aromatic N) is 7.